The topological polar surface area (TPSA) is 115 Å². The van der Waals surface area contributed by atoms with Crippen LogP contribution < -0.4 is 16.4 Å². The Balaban J connectivity index is 1.32. The molecule has 33 heavy (non-hydrogen) atoms. The minimum absolute atomic E-state index is 0.0687. The summed E-state index contributed by atoms with van der Waals surface area (Å²) in [6.07, 6.45) is 0.862. The van der Waals surface area contributed by atoms with Gasteiger partial charge in [0.05, 0.1) is 28.7 Å². The molecule has 1 atom stereocenters. The molecule has 1 aliphatic heterocycles. The molecular formula is C20H23F2N9S2. The van der Waals surface area contributed by atoms with Crippen LogP contribution in [0.4, 0.5) is 25.3 Å². The SMILES string of the molecule is CCC(c1nnnn1Cc1cccs1)N1CCN(c2nc3c(F)c(N)c(N)c(F)c3s2)CC1. The van der Waals surface area contributed by atoms with Crippen LogP contribution in [0.2, 0.25) is 0 Å². The highest BCUT2D eigenvalue weighted by molar-refractivity contribution is 7.22. The number of nitrogens with zero attached hydrogens (tertiary/aromatic N) is 7. The number of aromatic nitrogens is 5. The standard InChI is InChI=1S/C20H23F2N9S2/c1-2-12(19-26-27-28-31(19)10-11-4-3-9-32-11)29-5-7-30(8-6-29)20-25-17-13(21)15(23)16(24)14(22)18(17)33-20/h3-4,9,12H,2,5-8,10,23-24H2,1H3. The number of fused-ring (bicyclic) bond motifs is 1. The van der Waals surface area contributed by atoms with E-state index in [1.165, 1.54) is 4.88 Å². The van der Waals surface area contributed by atoms with E-state index in [0.29, 0.717) is 24.8 Å². The van der Waals surface area contributed by atoms with E-state index < -0.39 is 17.3 Å². The average molecular weight is 492 g/mol. The Morgan fingerprint density at radius 3 is 2.58 bits per heavy atom. The molecule has 1 aliphatic rings. The first-order valence-corrected chi connectivity index (χ1v) is 12.3. The maximum absolute atomic E-state index is 14.5. The van der Waals surface area contributed by atoms with Gasteiger partial charge in [0.1, 0.15) is 5.52 Å². The van der Waals surface area contributed by atoms with E-state index in [4.69, 9.17) is 11.5 Å². The number of hydrogen-bond acceptors (Lipinski definition) is 10. The molecule has 0 bridgehead atoms. The molecule has 4 heterocycles. The predicted octanol–water partition coefficient (Wildman–Crippen LogP) is 3.11. The van der Waals surface area contributed by atoms with Crippen LogP contribution >= 0.6 is 22.7 Å². The van der Waals surface area contributed by atoms with Crippen LogP contribution in [0.25, 0.3) is 10.2 Å². The summed E-state index contributed by atoms with van der Waals surface area (Å²) in [5, 5.41) is 15.0. The number of thiophene rings is 1. The van der Waals surface area contributed by atoms with Gasteiger partial charge in [0, 0.05) is 31.1 Å². The van der Waals surface area contributed by atoms with Crippen molar-refractivity contribution in [3.63, 3.8) is 0 Å². The number of rotatable bonds is 6. The molecule has 174 valence electrons. The summed E-state index contributed by atoms with van der Waals surface area (Å²) in [7, 11) is 0. The van der Waals surface area contributed by atoms with E-state index in [1.54, 1.807) is 11.3 Å². The van der Waals surface area contributed by atoms with E-state index >= 15 is 0 Å². The lowest BCUT2D eigenvalue weighted by atomic mass is 10.1. The lowest BCUT2D eigenvalue weighted by Crippen LogP contribution is -2.48. The average Bonchev–Trinajstić information content (AvgIpc) is 3.59. The van der Waals surface area contributed by atoms with Crippen molar-refractivity contribution in [2.45, 2.75) is 25.9 Å². The van der Waals surface area contributed by atoms with Crippen molar-refractivity contribution in [3.05, 3.63) is 39.8 Å². The molecule has 0 radical (unpaired) electrons. The normalized spacial score (nSPS) is 16.0. The van der Waals surface area contributed by atoms with E-state index in [1.807, 2.05) is 21.0 Å². The highest BCUT2D eigenvalue weighted by Gasteiger charge is 2.30. The number of thiazole rings is 1. The van der Waals surface area contributed by atoms with Crippen molar-refractivity contribution < 1.29 is 8.78 Å². The van der Waals surface area contributed by atoms with Crippen molar-refractivity contribution in [1.82, 2.24) is 30.1 Å². The molecule has 0 saturated carbocycles. The summed E-state index contributed by atoms with van der Waals surface area (Å²) in [4.78, 5) is 9.91. The van der Waals surface area contributed by atoms with Crippen LogP contribution in [0.15, 0.2) is 17.5 Å². The molecule has 0 spiro atoms. The highest BCUT2D eigenvalue weighted by Crippen LogP contribution is 2.38. The van der Waals surface area contributed by atoms with Crippen LogP contribution in [0, 0.1) is 11.6 Å². The molecule has 1 aromatic carbocycles. The maximum Gasteiger partial charge on any atom is 0.186 e. The Kier molecular flexibility index (Phi) is 5.85. The smallest absolute Gasteiger partial charge is 0.186 e. The van der Waals surface area contributed by atoms with Gasteiger partial charge < -0.3 is 16.4 Å². The zero-order valence-electron chi connectivity index (χ0n) is 17.9. The zero-order valence-corrected chi connectivity index (χ0v) is 19.5. The van der Waals surface area contributed by atoms with Crippen LogP contribution in [0.5, 0.6) is 0 Å². The van der Waals surface area contributed by atoms with Crippen molar-refractivity contribution in [1.29, 1.82) is 0 Å². The fourth-order valence-electron chi connectivity index (χ4n) is 4.17. The third kappa shape index (κ3) is 3.89. The number of tetrazole rings is 1. The van der Waals surface area contributed by atoms with E-state index in [9.17, 15) is 8.78 Å². The summed E-state index contributed by atoms with van der Waals surface area (Å²) in [6.45, 7) is 5.58. The number of hydrogen-bond donors (Lipinski definition) is 2. The number of piperazine rings is 1. The first-order chi connectivity index (χ1) is 16.0. The number of halogens is 2. The third-order valence-corrected chi connectivity index (χ3v) is 7.91. The van der Waals surface area contributed by atoms with Gasteiger partial charge in [-0.3, -0.25) is 4.90 Å². The molecule has 9 nitrogen and oxygen atoms in total. The summed E-state index contributed by atoms with van der Waals surface area (Å²) in [5.41, 5.74) is 10.4. The second kappa shape index (κ2) is 8.80. The van der Waals surface area contributed by atoms with Gasteiger partial charge in [-0.2, -0.15) is 0 Å². The van der Waals surface area contributed by atoms with E-state index in [2.05, 4.69) is 38.4 Å². The quantitative estimate of drug-likeness (QED) is 0.396. The molecule has 1 unspecified atom stereocenters. The first kappa shape index (κ1) is 21.9. The Bertz CT molecular complexity index is 1220. The maximum atomic E-state index is 14.5. The minimum Gasteiger partial charge on any atom is -0.395 e. The molecular weight excluding hydrogens is 468 g/mol. The third-order valence-electron chi connectivity index (χ3n) is 5.94. The minimum atomic E-state index is -0.770. The number of nitrogen functional groups attached to an aromatic ring is 2. The predicted molar refractivity (Wildman–Crippen MR) is 126 cm³/mol. The van der Waals surface area contributed by atoms with Gasteiger partial charge in [-0.1, -0.05) is 24.3 Å². The van der Waals surface area contributed by atoms with Gasteiger partial charge in [-0.25, -0.2) is 18.4 Å². The second-order valence-corrected chi connectivity index (χ2v) is 9.86. The van der Waals surface area contributed by atoms with Gasteiger partial charge in [-0.15, -0.1) is 16.4 Å². The van der Waals surface area contributed by atoms with Crippen LogP contribution in [-0.4, -0.2) is 56.3 Å². The Morgan fingerprint density at radius 1 is 1.12 bits per heavy atom. The van der Waals surface area contributed by atoms with Crippen LogP contribution in [-0.2, 0) is 6.54 Å². The lowest BCUT2D eigenvalue weighted by Gasteiger charge is -2.38. The Labute approximate surface area is 196 Å². The molecule has 4 aromatic rings. The molecule has 1 saturated heterocycles. The van der Waals surface area contributed by atoms with Crippen molar-refractivity contribution >= 4 is 49.4 Å². The summed E-state index contributed by atoms with van der Waals surface area (Å²) in [6, 6.07) is 4.16. The highest BCUT2D eigenvalue weighted by atomic mass is 32.1. The molecule has 0 aliphatic carbocycles. The number of nitrogens with two attached hydrogens (primary N) is 2. The lowest BCUT2D eigenvalue weighted by molar-refractivity contribution is 0.169. The Morgan fingerprint density at radius 2 is 1.88 bits per heavy atom. The monoisotopic (exact) mass is 491 g/mol. The summed E-state index contributed by atoms with van der Waals surface area (Å²) >= 11 is 2.77. The van der Waals surface area contributed by atoms with Gasteiger partial charge >= 0.3 is 0 Å². The van der Waals surface area contributed by atoms with Crippen molar-refractivity contribution in [2.24, 2.45) is 0 Å². The molecule has 0 amide bonds. The number of benzene rings is 1. The fourth-order valence-corrected chi connectivity index (χ4v) is 5.92. The molecule has 4 N–H and O–H groups in total. The van der Waals surface area contributed by atoms with Gasteiger partial charge in [0.2, 0.25) is 0 Å². The second-order valence-electron chi connectivity index (χ2n) is 7.85. The van der Waals surface area contributed by atoms with Gasteiger partial charge in [-0.05, 0) is 28.3 Å². The number of anilines is 3. The largest absolute Gasteiger partial charge is 0.395 e. The summed E-state index contributed by atoms with van der Waals surface area (Å²) < 4.78 is 31.0. The van der Waals surface area contributed by atoms with Gasteiger partial charge in [0.25, 0.3) is 0 Å². The van der Waals surface area contributed by atoms with E-state index in [0.717, 1.165) is 36.7 Å². The van der Waals surface area contributed by atoms with Gasteiger partial charge in [0.15, 0.2) is 22.6 Å². The Hall–Kier alpha value is -2.90. The summed E-state index contributed by atoms with van der Waals surface area (Å²) in [5.74, 6) is -0.641. The fraction of sp³-hybridized carbons (Fsp3) is 0.400. The molecule has 1 fully saturated rings. The van der Waals surface area contributed by atoms with Crippen LogP contribution in [0.1, 0.15) is 30.1 Å². The van der Waals surface area contributed by atoms with E-state index in [-0.39, 0.29) is 21.9 Å². The molecule has 3 aromatic heterocycles. The van der Waals surface area contributed by atoms with Crippen LogP contribution in [0.3, 0.4) is 0 Å². The zero-order chi connectivity index (χ0) is 23.1. The molecule has 5 rings (SSSR count). The van der Waals surface area contributed by atoms with Crippen molar-refractivity contribution in [2.75, 3.05) is 42.5 Å². The first-order valence-electron chi connectivity index (χ1n) is 10.6. The molecule has 13 heteroatoms. The van der Waals surface area contributed by atoms with Crippen molar-refractivity contribution in [3.8, 4) is 0 Å².